The Morgan fingerprint density at radius 2 is 1.05 bits per heavy atom. The highest BCUT2D eigenvalue weighted by Gasteiger charge is 2.20. The van der Waals surface area contributed by atoms with Crippen LogP contribution < -0.4 is 4.90 Å². The second-order valence-electron chi connectivity index (χ2n) is 11.0. The van der Waals surface area contributed by atoms with Crippen molar-refractivity contribution in [2.45, 2.75) is 0 Å². The van der Waals surface area contributed by atoms with Gasteiger partial charge in [-0.15, -0.1) is 0 Å². The van der Waals surface area contributed by atoms with Gasteiger partial charge in [-0.2, -0.15) is 0 Å². The van der Waals surface area contributed by atoms with Crippen LogP contribution in [0.3, 0.4) is 0 Å². The summed E-state index contributed by atoms with van der Waals surface area (Å²) in [7, 11) is 0. The van der Waals surface area contributed by atoms with Crippen molar-refractivity contribution in [3.05, 3.63) is 176 Å². The van der Waals surface area contributed by atoms with Crippen molar-refractivity contribution in [2.75, 3.05) is 4.90 Å². The highest BCUT2D eigenvalue weighted by Crippen LogP contribution is 2.43. The molecule has 0 unspecified atom stereocenters. The van der Waals surface area contributed by atoms with Crippen LogP contribution in [0.5, 0.6) is 0 Å². The van der Waals surface area contributed by atoms with Gasteiger partial charge < -0.3 is 9.32 Å². The van der Waals surface area contributed by atoms with Crippen molar-refractivity contribution in [3.8, 4) is 33.6 Å². The molecule has 208 valence electrons. The fraction of sp³-hybridized carbons (Fsp3) is 0. The average Bonchev–Trinajstić information content (AvgIpc) is 3.54. The largest absolute Gasteiger partial charge is 0.456 e. The number of furan rings is 1. The third kappa shape index (κ3) is 4.73. The van der Waals surface area contributed by atoms with Crippen LogP contribution in [0.1, 0.15) is 0 Å². The SMILES string of the molecule is c1ccc(-c2cccc(N(c3ccc(-c4cccc5ccccc45)cc3)c3ccccc3-c3cc4ccccc4o3)c2)cc1. The van der Waals surface area contributed by atoms with Gasteiger partial charge in [0.1, 0.15) is 11.3 Å². The van der Waals surface area contributed by atoms with Crippen molar-refractivity contribution in [1.82, 2.24) is 0 Å². The van der Waals surface area contributed by atoms with E-state index in [1.54, 1.807) is 0 Å². The molecule has 8 rings (SSSR count). The Bertz CT molecular complexity index is 2190. The van der Waals surface area contributed by atoms with Gasteiger partial charge in [0.05, 0.1) is 5.69 Å². The Kier molecular flexibility index (Phi) is 6.51. The van der Waals surface area contributed by atoms with Gasteiger partial charge in [0, 0.05) is 22.3 Å². The summed E-state index contributed by atoms with van der Waals surface area (Å²) in [6, 6.07) is 62.1. The number of rotatable bonds is 6. The van der Waals surface area contributed by atoms with E-state index < -0.39 is 0 Å². The van der Waals surface area contributed by atoms with Crippen LogP contribution in [0.4, 0.5) is 17.1 Å². The van der Waals surface area contributed by atoms with Crippen LogP contribution in [0.2, 0.25) is 0 Å². The molecule has 0 spiro atoms. The summed E-state index contributed by atoms with van der Waals surface area (Å²) in [5.41, 5.74) is 9.89. The molecule has 2 heteroatoms. The molecule has 0 aliphatic carbocycles. The Morgan fingerprint density at radius 1 is 0.386 bits per heavy atom. The van der Waals surface area contributed by atoms with E-state index in [0.717, 1.165) is 39.4 Å². The standard InChI is InChI=1S/C42H29NO/c1-2-12-30(13-3-1)33-17-10-18-36(28-33)43(40-22-8-7-20-39(40)42-29-34-15-5-9-23-41(34)44-42)35-26-24-32(25-27-35)38-21-11-16-31-14-4-6-19-37(31)38/h1-29H. The van der Waals surface area contributed by atoms with Crippen LogP contribution in [-0.4, -0.2) is 0 Å². The molecule has 0 N–H and O–H groups in total. The highest BCUT2D eigenvalue weighted by molar-refractivity contribution is 5.97. The summed E-state index contributed by atoms with van der Waals surface area (Å²) in [6.07, 6.45) is 0. The average molecular weight is 564 g/mol. The fourth-order valence-electron chi connectivity index (χ4n) is 6.14. The zero-order valence-electron chi connectivity index (χ0n) is 24.1. The molecule has 0 fully saturated rings. The number of anilines is 3. The van der Waals surface area contributed by atoms with E-state index in [9.17, 15) is 0 Å². The molecule has 0 saturated carbocycles. The van der Waals surface area contributed by atoms with Gasteiger partial charge in [-0.1, -0.05) is 127 Å². The molecule has 7 aromatic carbocycles. The van der Waals surface area contributed by atoms with Crippen molar-refractivity contribution in [2.24, 2.45) is 0 Å². The lowest BCUT2D eigenvalue weighted by Crippen LogP contribution is -2.11. The summed E-state index contributed by atoms with van der Waals surface area (Å²) >= 11 is 0. The molecular weight excluding hydrogens is 534 g/mol. The summed E-state index contributed by atoms with van der Waals surface area (Å²) in [5, 5.41) is 3.59. The van der Waals surface area contributed by atoms with E-state index in [1.165, 1.54) is 33.0 Å². The molecule has 0 amide bonds. The van der Waals surface area contributed by atoms with E-state index in [1.807, 2.05) is 18.2 Å². The molecule has 0 radical (unpaired) electrons. The number of para-hydroxylation sites is 2. The lowest BCUT2D eigenvalue weighted by molar-refractivity contribution is 0.631. The maximum absolute atomic E-state index is 6.40. The van der Waals surface area contributed by atoms with E-state index >= 15 is 0 Å². The number of fused-ring (bicyclic) bond motifs is 2. The van der Waals surface area contributed by atoms with Gasteiger partial charge in [-0.3, -0.25) is 0 Å². The zero-order chi connectivity index (χ0) is 29.3. The molecule has 8 aromatic rings. The summed E-state index contributed by atoms with van der Waals surface area (Å²) < 4.78 is 6.40. The summed E-state index contributed by atoms with van der Waals surface area (Å²) in [5.74, 6) is 0.846. The molecule has 2 nitrogen and oxygen atoms in total. The third-order valence-electron chi connectivity index (χ3n) is 8.27. The first kappa shape index (κ1) is 25.8. The number of hydrogen-bond donors (Lipinski definition) is 0. The smallest absolute Gasteiger partial charge is 0.137 e. The maximum Gasteiger partial charge on any atom is 0.137 e. The molecule has 44 heavy (non-hydrogen) atoms. The molecule has 0 atom stereocenters. The van der Waals surface area contributed by atoms with Crippen LogP contribution in [0.15, 0.2) is 180 Å². The van der Waals surface area contributed by atoms with E-state index in [2.05, 4.69) is 163 Å². The first-order valence-corrected chi connectivity index (χ1v) is 14.9. The Labute approximate surface area is 257 Å². The van der Waals surface area contributed by atoms with E-state index in [4.69, 9.17) is 4.42 Å². The van der Waals surface area contributed by atoms with Gasteiger partial charge in [0.2, 0.25) is 0 Å². The third-order valence-corrected chi connectivity index (χ3v) is 8.27. The van der Waals surface area contributed by atoms with E-state index in [-0.39, 0.29) is 0 Å². The lowest BCUT2D eigenvalue weighted by Gasteiger charge is -2.28. The topological polar surface area (TPSA) is 16.4 Å². The first-order valence-electron chi connectivity index (χ1n) is 14.9. The normalized spacial score (nSPS) is 11.2. The highest BCUT2D eigenvalue weighted by atomic mass is 16.3. The predicted octanol–water partition coefficient (Wildman–Crippen LogP) is 12.1. The fourth-order valence-corrected chi connectivity index (χ4v) is 6.14. The summed E-state index contributed by atoms with van der Waals surface area (Å²) in [6.45, 7) is 0. The molecular formula is C42H29NO. The van der Waals surface area contributed by atoms with Crippen LogP contribution in [-0.2, 0) is 0 Å². The minimum Gasteiger partial charge on any atom is -0.456 e. The van der Waals surface area contributed by atoms with Gasteiger partial charge in [0.15, 0.2) is 0 Å². The molecule has 1 heterocycles. The van der Waals surface area contributed by atoms with Crippen LogP contribution in [0.25, 0.3) is 55.3 Å². The van der Waals surface area contributed by atoms with Crippen LogP contribution >= 0.6 is 0 Å². The van der Waals surface area contributed by atoms with Crippen LogP contribution in [0, 0.1) is 0 Å². The van der Waals surface area contributed by atoms with Crippen molar-refractivity contribution in [1.29, 1.82) is 0 Å². The van der Waals surface area contributed by atoms with Gasteiger partial charge in [0.25, 0.3) is 0 Å². The second-order valence-corrected chi connectivity index (χ2v) is 11.0. The van der Waals surface area contributed by atoms with Crippen molar-refractivity contribution >= 4 is 38.8 Å². The Morgan fingerprint density at radius 3 is 1.91 bits per heavy atom. The second kappa shape index (κ2) is 11.1. The monoisotopic (exact) mass is 563 g/mol. The molecule has 0 aliphatic heterocycles. The van der Waals surface area contributed by atoms with Gasteiger partial charge in [-0.25, -0.2) is 0 Å². The van der Waals surface area contributed by atoms with Crippen molar-refractivity contribution < 1.29 is 4.42 Å². The van der Waals surface area contributed by atoms with Crippen molar-refractivity contribution in [3.63, 3.8) is 0 Å². The minimum atomic E-state index is 0.846. The molecule has 0 bridgehead atoms. The lowest BCUT2D eigenvalue weighted by atomic mass is 9.98. The molecule has 0 saturated heterocycles. The Balaban J connectivity index is 1.29. The van der Waals surface area contributed by atoms with E-state index in [0.29, 0.717) is 0 Å². The number of hydrogen-bond acceptors (Lipinski definition) is 2. The van der Waals surface area contributed by atoms with Gasteiger partial charge >= 0.3 is 0 Å². The summed E-state index contributed by atoms with van der Waals surface area (Å²) in [4.78, 5) is 2.34. The minimum absolute atomic E-state index is 0.846. The van der Waals surface area contributed by atoms with Gasteiger partial charge in [-0.05, 0) is 81.6 Å². The molecule has 1 aromatic heterocycles. The molecule has 0 aliphatic rings. The number of benzene rings is 7. The maximum atomic E-state index is 6.40. The first-order chi connectivity index (χ1) is 21.8. The Hall–Kier alpha value is -5.86. The quantitative estimate of drug-likeness (QED) is 0.200. The zero-order valence-corrected chi connectivity index (χ0v) is 24.1. The predicted molar refractivity (Wildman–Crippen MR) is 185 cm³/mol. The number of nitrogens with zero attached hydrogens (tertiary/aromatic N) is 1.